The van der Waals surface area contributed by atoms with E-state index in [9.17, 15) is 23.1 Å². The van der Waals surface area contributed by atoms with Crippen molar-refractivity contribution in [1.82, 2.24) is 15.0 Å². The van der Waals surface area contributed by atoms with Crippen molar-refractivity contribution in [1.29, 1.82) is 5.26 Å². The first-order valence-corrected chi connectivity index (χ1v) is 20.3. The maximum atomic E-state index is 10.2. The molecule has 4 heterocycles. The van der Waals surface area contributed by atoms with Crippen molar-refractivity contribution >= 4 is 21.9 Å². The Morgan fingerprint density at radius 2 is 1.11 bits per heavy atom. The maximum Gasteiger partial charge on any atom is 3.00 e. The minimum Gasteiger partial charge on any atom is -0.500 e. The molecule has 1 aliphatic carbocycles. The van der Waals surface area contributed by atoms with Crippen LogP contribution in [0.25, 0.3) is 55.7 Å². The summed E-state index contributed by atoms with van der Waals surface area (Å²) in [5.41, 5.74) is 1.14. The number of furan rings is 1. The van der Waals surface area contributed by atoms with Crippen LogP contribution in [0.3, 0.4) is 0 Å². The minimum atomic E-state index is -3.17. The van der Waals surface area contributed by atoms with Crippen LogP contribution in [0.15, 0.2) is 150 Å². The molecule has 10 rings (SSSR count). The number of aryl methyl sites for hydroxylation is 6. The number of pyridine rings is 3. The fourth-order valence-electron chi connectivity index (χ4n) is 7.66. The average Bonchev–Trinajstić information content (AvgIpc) is 4.10. The van der Waals surface area contributed by atoms with Gasteiger partial charge in [0.2, 0.25) is 0 Å². The topological polar surface area (TPSA) is 75.6 Å². The van der Waals surface area contributed by atoms with E-state index >= 15 is 0 Å². The van der Waals surface area contributed by atoms with E-state index in [1.54, 1.807) is 60.7 Å². The van der Waals surface area contributed by atoms with Crippen LogP contribution < -0.4 is 0 Å². The Hall–Kier alpha value is -6.51. The number of rotatable bonds is 13. The molecule has 0 atom stereocenters. The minimum absolute atomic E-state index is 0. The molecule has 63 heavy (non-hydrogen) atoms. The molecule has 0 saturated heterocycles. The van der Waals surface area contributed by atoms with Crippen molar-refractivity contribution in [2.45, 2.75) is 69.8 Å². The summed E-state index contributed by atoms with van der Waals surface area (Å²) < 4.78 is 137. The standard InChI is InChI=1S/C57H45N4O.Ir/c58-35-48-27-28-50-49-16-9-17-51(56(49)62-57(50)55(48)47-14-7-8-15-47)54-31-26-41(38-61-54)20-23-44-33-42(21-18-39-24-29-52(59-36-39)45-10-3-1-4-11-45)32-43(34-44)22-19-40-25-30-53(60-37-40)46-12-5-2-6-13-46;/h1-6,9-10,12,16,24-34,36-38,47H,7-8,14-15,18-23H2;/q-3;+3/i18D2,19D2,20D2,21D2,22D2,23D2,27D,47D;. The van der Waals surface area contributed by atoms with Crippen molar-refractivity contribution in [2.75, 3.05) is 0 Å². The Morgan fingerprint density at radius 1 is 0.603 bits per heavy atom. The first kappa shape index (κ1) is 28.2. The van der Waals surface area contributed by atoms with E-state index in [1.165, 1.54) is 54.9 Å². The van der Waals surface area contributed by atoms with E-state index in [-0.39, 0.29) is 54.1 Å². The van der Waals surface area contributed by atoms with E-state index < -0.39 is 60.8 Å². The second-order valence-electron chi connectivity index (χ2n) is 14.8. The number of aromatic nitrogens is 3. The number of benzene rings is 5. The number of fused-ring (bicyclic) bond motifs is 3. The van der Waals surface area contributed by atoms with Gasteiger partial charge in [-0.25, -0.2) is 0 Å². The molecular formula is C57H45IrN4O. The summed E-state index contributed by atoms with van der Waals surface area (Å²) in [4.78, 5) is 13.3. The van der Waals surface area contributed by atoms with Crippen LogP contribution in [-0.2, 0) is 58.3 Å². The normalized spacial score (nSPS) is 17.8. The third-order valence-electron chi connectivity index (χ3n) is 10.7. The summed E-state index contributed by atoms with van der Waals surface area (Å²) in [7, 11) is 0. The molecule has 4 aromatic heterocycles. The Labute approximate surface area is 403 Å². The van der Waals surface area contributed by atoms with Gasteiger partial charge < -0.3 is 19.4 Å². The van der Waals surface area contributed by atoms with Gasteiger partial charge in [-0.2, -0.15) is 5.26 Å². The van der Waals surface area contributed by atoms with Crippen LogP contribution >= 0.6 is 0 Å². The largest absolute Gasteiger partial charge is 3.00 e. The number of nitriles is 1. The molecule has 308 valence electrons. The van der Waals surface area contributed by atoms with Crippen LogP contribution in [0.5, 0.6) is 0 Å². The molecule has 1 fully saturated rings. The van der Waals surface area contributed by atoms with Crippen LogP contribution in [-0.4, -0.2) is 15.0 Å². The number of hydrogen-bond donors (Lipinski definition) is 0. The van der Waals surface area contributed by atoms with Gasteiger partial charge in [0.25, 0.3) is 0 Å². The Morgan fingerprint density at radius 3 is 1.59 bits per heavy atom. The van der Waals surface area contributed by atoms with Crippen LogP contribution in [0.4, 0.5) is 0 Å². The zero-order chi connectivity index (χ0) is 54.2. The van der Waals surface area contributed by atoms with Crippen molar-refractivity contribution in [3.05, 3.63) is 209 Å². The average molecular weight is 1010 g/mol. The summed E-state index contributed by atoms with van der Waals surface area (Å²) in [6, 6.07) is 41.5. The summed E-state index contributed by atoms with van der Waals surface area (Å²) in [6.45, 7) is 0. The molecule has 1 saturated carbocycles. The van der Waals surface area contributed by atoms with Gasteiger partial charge in [0, 0.05) is 47.4 Å². The molecule has 0 amide bonds. The summed E-state index contributed by atoms with van der Waals surface area (Å²) in [5, 5.41) is 11.3. The predicted molar refractivity (Wildman–Crippen MR) is 247 cm³/mol. The van der Waals surface area contributed by atoms with Gasteiger partial charge in [0.15, 0.2) is 0 Å². The van der Waals surface area contributed by atoms with Gasteiger partial charge >= 0.3 is 20.1 Å². The van der Waals surface area contributed by atoms with Gasteiger partial charge in [-0.15, -0.1) is 90.0 Å². The quantitative estimate of drug-likeness (QED) is 0.108. The molecule has 0 radical (unpaired) electrons. The molecule has 1 aliphatic rings. The van der Waals surface area contributed by atoms with Crippen molar-refractivity contribution in [2.24, 2.45) is 0 Å². The second-order valence-corrected chi connectivity index (χ2v) is 14.8. The van der Waals surface area contributed by atoms with Crippen molar-refractivity contribution in [3.8, 4) is 39.8 Å². The van der Waals surface area contributed by atoms with E-state index in [4.69, 9.17) is 5.79 Å². The summed E-state index contributed by atoms with van der Waals surface area (Å²) in [6.07, 6.45) is -12.3. The zero-order valence-corrected chi connectivity index (χ0v) is 36.0. The smallest absolute Gasteiger partial charge is 0.500 e. The van der Waals surface area contributed by atoms with E-state index in [0.29, 0.717) is 68.4 Å². The van der Waals surface area contributed by atoms with Gasteiger partial charge in [-0.3, -0.25) is 0 Å². The fourth-order valence-corrected chi connectivity index (χ4v) is 7.66. The molecule has 0 spiro atoms. The van der Waals surface area contributed by atoms with Crippen LogP contribution in [0, 0.1) is 29.5 Å². The van der Waals surface area contributed by atoms with Crippen molar-refractivity contribution < 1.29 is 43.7 Å². The monoisotopic (exact) mass is 1010 g/mol. The predicted octanol–water partition coefficient (Wildman–Crippen LogP) is 13.1. The second kappa shape index (κ2) is 19.3. The van der Waals surface area contributed by atoms with Crippen LogP contribution in [0.1, 0.15) is 95.3 Å². The molecule has 9 aromatic rings. The fraction of sp³-hybridized carbons (Fsp3) is 0.193. The van der Waals surface area contributed by atoms with E-state index in [2.05, 4.69) is 39.2 Å². The maximum absolute atomic E-state index is 10.2. The summed E-state index contributed by atoms with van der Waals surface area (Å²) in [5.74, 6) is -1.14. The molecule has 0 unspecified atom stereocenters. The molecule has 5 aromatic carbocycles. The van der Waals surface area contributed by atoms with Gasteiger partial charge in [0.1, 0.15) is 5.58 Å². The van der Waals surface area contributed by atoms with E-state index in [1.807, 2.05) is 0 Å². The van der Waals surface area contributed by atoms with Gasteiger partial charge in [-0.1, -0.05) is 84.5 Å². The van der Waals surface area contributed by atoms with E-state index in [0.717, 1.165) is 37.2 Å². The number of nitrogens with zero attached hydrogens (tertiary/aromatic N) is 4. The molecular weight excluding hydrogens is 949 g/mol. The molecule has 0 N–H and O–H groups in total. The summed E-state index contributed by atoms with van der Waals surface area (Å²) >= 11 is 0. The van der Waals surface area contributed by atoms with Gasteiger partial charge in [0.05, 0.1) is 18.6 Å². The molecule has 0 aliphatic heterocycles. The first-order valence-electron chi connectivity index (χ1n) is 27.3. The van der Waals surface area contributed by atoms with Crippen LogP contribution in [0.2, 0.25) is 0 Å². The van der Waals surface area contributed by atoms with Crippen molar-refractivity contribution in [3.63, 3.8) is 0 Å². The first-order chi connectivity index (χ1) is 35.9. The third kappa shape index (κ3) is 9.32. The Bertz CT molecular complexity index is 3570. The zero-order valence-electron chi connectivity index (χ0n) is 47.6. The molecule has 6 heteroatoms. The Balaban J connectivity index is 0.00000722. The third-order valence-corrected chi connectivity index (χ3v) is 10.7. The SMILES string of the molecule is [2H]c1cc2c(oc3c(-c4ccc(C([2H])([2H])C([2H])([2H])c5cc(C([2H])([2H])C([2H])([2H])c6ccc(-c7[c-]cccc7)nc6)cc(C([2H])([2H])C([2H])([2H])c6ccc(-c7[c-]cccc7)nc6)c5)cn4)[c-]ccc32)c(C2([2H])CCCC2)c1C#N.[Ir+3]. The molecule has 5 nitrogen and oxygen atoms in total. The van der Waals surface area contributed by atoms with Gasteiger partial charge in [-0.05, 0) is 113 Å². The number of hydrogen-bond acceptors (Lipinski definition) is 5. The Kier molecular flexibility index (Phi) is 8.63. The molecule has 0 bridgehead atoms.